The highest BCUT2D eigenvalue weighted by atomic mass is 35.5. The van der Waals surface area contributed by atoms with Crippen molar-refractivity contribution in [3.8, 4) is 0 Å². The van der Waals surface area contributed by atoms with Crippen LogP contribution in [0.5, 0.6) is 0 Å². The number of aromatic amines is 1. The molecule has 3 nitrogen and oxygen atoms in total. The first-order valence-corrected chi connectivity index (χ1v) is 7.15. The van der Waals surface area contributed by atoms with Gasteiger partial charge in [0.2, 0.25) is 0 Å². The Hall–Kier alpha value is -1.48. The molecule has 3 N–H and O–H groups in total. The zero-order valence-electron chi connectivity index (χ0n) is 11.0. The molecule has 0 saturated heterocycles. The third-order valence-electron chi connectivity index (χ3n) is 4.33. The molecule has 0 radical (unpaired) electrons. The molecule has 1 aromatic carbocycles. The highest BCUT2D eigenvalue weighted by molar-refractivity contribution is 6.31. The molecular formula is C15H18ClN3. The van der Waals surface area contributed by atoms with Gasteiger partial charge in [-0.15, -0.1) is 0 Å². The minimum absolute atomic E-state index is 0.0195. The number of halogens is 1. The quantitative estimate of drug-likeness (QED) is 0.898. The van der Waals surface area contributed by atoms with Crippen LogP contribution in [0.1, 0.15) is 43.0 Å². The minimum atomic E-state index is -0.0195. The zero-order valence-corrected chi connectivity index (χ0v) is 11.8. The SMILES string of the molecule is CCc1c(N)n[nH]c1C1(c2ccccc2Cl)CCC1. The largest absolute Gasteiger partial charge is 0.382 e. The van der Waals surface area contributed by atoms with Crippen LogP contribution in [0.3, 0.4) is 0 Å². The van der Waals surface area contributed by atoms with Gasteiger partial charge >= 0.3 is 0 Å². The summed E-state index contributed by atoms with van der Waals surface area (Å²) in [5.41, 5.74) is 9.44. The van der Waals surface area contributed by atoms with Crippen molar-refractivity contribution in [1.29, 1.82) is 0 Å². The van der Waals surface area contributed by atoms with Crippen LogP contribution in [-0.2, 0) is 11.8 Å². The second-order valence-corrected chi connectivity index (χ2v) is 5.64. The summed E-state index contributed by atoms with van der Waals surface area (Å²) in [4.78, 5) is 0. The first-order chi connectivity index (χ1) is 9.19. The fourth-order valence-corrected chi connectivity index (χ4v) is 3.48. The Bertz CT molecular complexity index is 599. The van der Waals surface area contributed by atoms with E-state index < -0.39 is 0 Å². The Kier molecular flexibility index (Phi) is 3.02. The molecule has 0 aliphatic heterocycles. The van der Waals surface area contributed by atoms with Crippen molar-refractivity contribution >= 4 is 17.4 Å². The Balaban J connectivity index is 2.16. The van der Waals surface area contributed by atoms with Gasteiger partial charge in [-0.3, -0.25) is 5.10 Å². The van der Waals surface area contributed by atoms with Gasteiger partial charge in [-0.05, 0) is 30.9 Å². The van der Waals surface area contributed by atoms with Gasteiger partial charge < -0.3 is 5.73 Å². The maximum atomic E-state index is 6.41. The van der Waals surface area contributed by atoms with Crippen molar-refractivity contribution < 1.29 is 0 Å². The van der Waals surface area contributed by atoms with Gasteiger partial charge in [0.05, 0.1) is 5.69 Å². The van der Waals surface area contributed by atoms with Crippen molar-refractivity contribution in [3.05, 3.63) is 46.1 Å². The highest BCUT2D eigenvalue weighted by Gasteiger charge is 2.44. The monoisotopic (exact) mass is 275 g/mol. The highest BCUT2D eigenvalue weighted by Crippen LogP contribution is 2.51. The Morgan fingerprint density at radius 2 is 2.11 bits per heavy atom. The molecule has 0 unspecified atom stereocenters. The summed E-state index contributed by atoms with van der Waals surface area (Å²) in [6, 6.07) is 8.10. The molecule has 3 rings (SSSR count). The molecule has 1 heterocycles. The van der Waals surface area contributed by atoms with Crippen LogP contribution in [0.4, 0.5) is 5.82 Å². The number of nitrogen functional groups attached to an aromatic ring is 1. The van der Waals surface area contributed by atoms with Crippen LogP contribution in [0.25, 0.3) is 0 Å². The van der Waals surface area contributed by atoms with Gasteiger partial charge in [0.1, 0.15) is 5.82 Å². The summed E-state index contributed by atoms with van der Waals surface area (Å²) in [5.74, 6) is 0.621. The second kappa shape index (κ2) is 4.57. The molecule has 100 valence electrons. The van der Waals surface area contributed by atoms with Gasteiger partial charge in [0.15, 0.2) is 0 Å². The molecule has 1 aromatic heterocycles. The van der Waals surface area contributed by atoms with Gasteiger partial charge in [-0.25, -0.2) is 0 Å². The third-order valence-corrected chi connectivity index (χ3v) is 4.66. The van der Waals surface area contributed by atoms with Crippen molar-refractivity contribution in [3.63, 3.8) is 0 Å². The fraction of sp³-hybridized carbons (Fsp3) is 0.400. The third kappa shape index (κ3) is 1.76. The van der Waals surface area contributed by atoms with Crippen LogP contribution in [0, 0.1) is 0 Å². The zero-order chi connectivity index (χ0) is 13.5. The van der Waals surface area contributed by atoms with Crippen molar-refractivity contribution in [2.75, 3.05) is 5.73 Å². The van der Waals surface area contributed by atoms with Crippen molar-refractivity contribution in [1.82, 2.24) is 10.2 Å². The Labute approximate surface area is 118 Å². The lowest BCUT2D eigenvalue weighted by atomic mass is 9.61. The average molecular weight is 276 g/mol. The van der Waals surface area contributed by atoms with Gasteiger partial charge in [-0.1, -0.05) is 43.1 Å². The molecule has 0 bridgehead atoms. The normalized spacial score (nSPS) is 17.2. The first kappa shape index (κ1) is 12.5. The first-order valence-electron chi connectivity index (χ1n) is 6.77. The smallest absolute Gasteiger partial charge is 0.148 e. The van der Waals surface area contributed by atoms with Crippen LogP contribution in [-0.4, -0.2) is 10.2 Å². The maximum Gasteiger partial charge on any atom is 0.148 e. The number of hydrogen-bond donors (Lipinski definition) is 2. The van der Waals surface area contributed by atoms with E-state index in [9.17, 15) is 0 Å². The number of nitrogens with two attached hydrogens (primary N) is 1. The van der Waals surface area contributed by atoms with Gasteiger partial charge in [0, 0.05) is 16.0 Å². The summed E-state index contributed by atoms with van der Waals surface area (Å²) >= 11 is 6.41. The van der Waals surface area contributed by atoms with E-state index in [4.69, 9.17) is 17.3 Å². The van der Waals surface area contributed by atoms with Crippen molar-refractivity contribution in [2.45, 2.75) is 38.0 Å². The molecule has 0 spiro atoms. The number of H-pyrrole nitrogens is 1. The van der Waals surface area contributed by atoms with E-state index in [-0.39, 0.29) is 5.41 Å². The number of anilines is 1. The van der Waals surface area contributed by atoms with Crippen molar-refractivity contribution in [2.24, 2.45) is 0 Å². The lowest BCUT2D eigenvalue weighted by Crippen LogP contribution is -2.37. The number of rotatable bonds is 3. The molecule has 4 heteroatoms. The Morgan fingerprint density at radius 1 is 1.37 bits per heavy atom. The van der Waals surface area contributed by atoms with Crippen LogP contribution in [0.15, 0.2) is 24.3 Å². The predicted molar refractivity (Wildman–Crippen MR) is 78.5 cm³/mol. The predicted octanol–water partition coefficient (Wildman–Crippen LogP) is 3.68. The van der Waals surface area contributed by atoms with Crippen LogP contribution < -0.4 is 5.73 Å². The minimum Gasteiger partial charge on any atom is -0.382 e. The topological polar surface area (TPSA) is 54.7 Å². The lowest BCUT2D eigenvalue weighted by Gasteiger charge is -2.42. The van der Waals surface area contributed by atoms with Gasteiger partial charge in [0.25, 0.3) is 0 Å². The van der Waals surface area contributed by atoms with E-state index in [0.717, 1.165) is 35.5 Å². The molecule has 1 aliphatic carbocycles. The van der Waals surface area contributed by atoms with E-state index in [2.05, 4.69) is 23.2 Å². The fourth-order valence-electron chi connectivity index (χ4n) is 3.17. The number of benzene rings is 1. The summed E-state index contributed by atoms with van der Waals surface area (Å²) < 4.78 is 0. The molecule has 1 fully saturated rings. The number of hydrogen-bond acceptors (Lipinski definition) is 2. The summed E-state index contributed by atoms with van der Waals surface area (Å²) in [6.07, 6.45) is 4.31. The standard InChI is InChI=1S/C15H18ClN3/c1-2-10-13(18-19-14(10)17)15(8-5-9-15)11-6-3-4-7-12(11)16/h3-4,6-7H,2,5,8-9H2,1H3,(H3,17,18,19). The lowest BCUT2D eigenvalue weighted by molar-refractivity contribution is 0.292. The van der Waals surface area contributed by atoms with E-state index in [1.807, 2.05) is 18.2 Å². The average Bonchev–Trinajstić information content (AvgIpc) is 2.72. The number of nitrogens with zero attached hydrogens (tertiary/aromatic N) is 1. The molecule has 0 atom stereocenters. The molecular weight excluding hydrogens is 258 g/mol. The molecule has 2 aromatic rings. The summed E-state index contributed by atoms with van der Waals surface area (Å²) in [6.45, 7) is 2.11. The van der Waals surface area contributed by atoms with E-state index >= 15 is 0 Å². The molecule has 0 amide bonds. The molecule has 1 aliphatic rings. The second-order valence-electron chi connectivity index (χ2n) is 5.23. The van der Waals surface area contributed by atoms with E-state index in [1.165, 1.54) is 12.0 Å². The Morgan fingerprint density at radius 3 is 2.68 bits per heavy atom. The van der Waals surface area contributed by atoms with Crippen LogP contribution >= 0.6 is 11.6 Å². The number of nitrogens with one attached hydrogen (secondary N) is 1. The maximum absolute atomic E-state index is 6.41. The number of aromatic nitrogens is 2. The van der Waals surface area contributed by atoms with Gasteiger partial charge in [-0.2, -0.15) is 5.10 Å². The van der Waals surface area contributed by atoms with Crippen LogP contribution in [0.2, 0.25) is 5.02 Å². The summed E-state index contributed by atoms with van der Waals surface area (Å²) in [7, 11) is 0. The summed E-state index contributed by atoms with van der Waals surface area (Å²) in [5, 5.41) is 8.19. The molecule has 19 heavy (non-hydrogen) atoms. The van der Waals surface area contributed by atoms with E-state index in [0.29, 0.717) is 5.82 Å². The molecule has 1 saturated carbocycles. The van der Waals surface area contributed by atoms with E-state index in [1.54, 1.807) is 0 Å².